The van der Waals surface area contributed by atoms with Crippen LogP contribution in [0.25, 0.3) is 0 Å². The molecule has 6 nitrogen and oxygen atoms in total. The van der Waals surface area contributed by atoms with Gasteiger partial charge < -0.3 is 24.7 Å². The van der Waals surface area contributed by atoms with Gasteiger partial charge in [0.15, 0.2) is 0 Å². The van der Waals surface area contributed by atoms with Gasteiger partial charge in [0.1, 0.15) is 0 Å². The van der Waals surface area contributed by atoms with E-state index in [1.165, 1.54) is 0 Å². The van der Waals surface area contributed by atoms with Gasteiger partial charge in [-0.05, 0) is 36.3 Å². The highest BCUT2D eigenvalue weighted by Gasteiger charge is 2.58. The molecule has 2 rings (SSSR count). The van der Waals surface area contributed by atoms with Crippen LogP contribution in [0.5, 0.6) is 0 Å². The zero-order valence-corrected chi connectivity index (χ0v) is 22.9. The molecule has 0 spiro atoms. The molecule has 144 valence electrons. The molecule has 0 N–H and O–H groups in total. The van der Waals surface area contributed by atoms with Crippen molar-refractivity contribution < 1.29 is 24.7 Å². The summed E-state index contributed by atoms with van der Waals surface area (Å²) in [4.78, 5) is 0. The zero-order chi connectivity index (χ0) is 18.5. The molecule has 13 heteroatoms. The third-order valence-corrected chi connectivity index (χ3v) is 33.0. The van der Waals surface area contributed by atoms with Gasteiger partial charge in [0.05, 0.1) is 0 Å². The van der Waals surface area contributed by atoms with Crippen LogP contribution in [0.3, 0.4) is 0 Å². The molecule has 0 aromatic carbocycles. The second-order valence-corrected chi connectivity index (χ2v) is 26.9. The molecule has 0 bridgehead atoms. The number of hydrogen-bond donors (Lipinski definition) is 0. The van der Waals surface area contributed by atoms with Gasteiger partial charge in [0.2, 0.25) is 0 Å². The summed E-state index contributed by atoms with van der Waals surface area (Å²) in [5.74, 6) is 0. The highest BCUT2D eigenvalue weighted by molar-refractivity contribution is 8.48. The maximum Gasteiger partial charge on any atom is 0.386 e. The average molecular weight is 471 g/mol. The first-order valence-corrected chi connectivity index (χ1v) is 21.6. The minimum Gasteiger partial charge on any atom is -0.414 e. The molecule has 0 aliphatic carbocycles. The van der Waals surface area contributed by atoms with Crippen molar-refractivity contribution in [2.75, 3.05) is 0 Å². The summed E-state index contributed by atoms with van der Waals surface area (Å²) >= 11 is 0. The van der Waals surface area contributed by atoms with Crippen molar-refractivity contribution in [1.29, 1.82) is 0 Å². The smallest absolute Gasteiger partial charge is 0.386 e. The van der Waals surface area contributed by atoms with Crippen molar-refractivity contribution in [3.05, 3.63) is 0 Å². The highest BCUT2D eigenvalue weighted by Crippen LogP contribution is 2.44. The first-order valence-electron chi connectivity index (χ1n) is 9.22. The topological polar surface area (TPSA) is 55.4 Å². The first-order chi connectivity index (χ1) is 12.0. The number of rotatable bonds is 8. The molecule has 0 aromatic heterocycles. The van der Waals surface area contributed by atoms with Crippen LogP contribution in [0.4, 0.5) is 0 Å². The van der Waals surface area contributed by atoms with Crippen LogP contribution in [0.15, 0.2) is 0 Å². The SMILES string of the molecule is CC[Si]1O[Si](CC)O[Si](CC)(S[Si]2(CC)O[Si](CC)O[Si](CC)O2)O1. The molecular weight excluding hydrogens is 441 g/mol. The summed E-state index contributed by atoms with van der Waals surface area (Å²) in [5, 5.41) is 0. The average Bonchev–Trinajstić information content (AvgIpc) is 2.66. The lowest BCUT2D eigenvalue weighted by molar-refractivity contribution is 0.270. The van der Waals surface area contributed by atoms with Gasteiger partial charge in [-0.15, -0.1) is 0 Å². The van der Waals surface area contributed by atoms with Crippen LogP contribution in [-0.4, -0.2) is 52.6 Å². The summed E-state index contributed by atoms with van der Waals surface area (Å²) < 4.78 is 38.2. The van der Waals surface area contributed by atoms with Crippen molar-refractivity contribution in [3.8, 4) is 0 Å². The van der Waals surface area contributed by atoms with Crippen LogP contribution < -0.4 is 0 Å². The molecule has 0 amide bonds. The number of hydrogen-bond acceptors (Lipinski definition) is 7. The van der Waals surface area contributed by atoms with Gasteiger partial charge in [-0.3, -0.25) is 0 Å². The summed E-state index contributed by atoms with van der Waals surface area (Å²) in [5.41, 5.74) is 0. The van der Waals surface area contributed by atoms with Gasteiger partial charge in [-0.2, -0.15) is 0 Å². The Hall–Kier alpha value is 1.41. The van der Waals surface area contributed by atoms with E-state index in [1.807, 2.05) is 10.7 Å². The van der Waals surface area contributed by atoms with Crippen molar-refractivity contribution in [1.82, 2.24) is 0 Å². The fourth-order valence-electron chi connectivity index (χ4n) is 2.40. The van der Waals surface area contributed by atoms with Crippen molar-refractivity contribution >= 4 is 63.2 Å². The molecule has 2 heterocycles. The van der Waals surface area contributed by atoms with E-state index in [-0.39, 0.29) is 0 Å². The van der Waals surface area contributed by atoms with Gasteiger partial charge in [-0.25, -0.2) is 0 Å². The monoisotopic (exact) mass is 470 g/mol. The Kier molecular flexibility index (Phi) is 9.32. The van der Waals surface area contributed by atoms with Crippen LogP contribution in [0.2, 0.25) is 36.3 Å². The zero-order valence-electron chi connectivity index (χ0n) is 16.1. The lowest BCUT2D eigenvalue weighted by Gasteiger charge is -2.46. The summed E-state index contributed by atoms with van der Waals surface area (Å²) in [6, 6.07) is 5.64. The van der Waals surface area contributed by atoms with E-state index in [2.05, 4.69) is 41.5 Å². The fourth-order valence-corrected chi connectivity index (χ4v) is 40.1. The Bertz CT molecular complexity index is 364. The molecule has 2 fully saturated rings. The van der Waals surface area contributed by atoms with Crippen molar-refractivity contribution in [2.24, 2.45) is 0 Å². The lowest BCUT2D eigenvalue weighted by Crippen LogP contribution is -2.63. The Balaban J connectivity index is 2.23. The molecule has 0 unspecified atom stereocenters. The standard InChI is InChI=1S/C12H30O6SSi6/c1-7-20-13-21(8-2)16-24(11-5,15-20)19-25(12-6)17-22(9-3)14-23(10-4)18-25/h7-12H2,1-6H3. The minimum atomic E-state index is -2.42. The van der Waals surface area contributed by atoms with Crippen LogP contribution >= 0.6 is 10.7 Å². The van der Waals surface area contributed by atoms with E-state index in [0.29, 0.717) is 0 Å². The van der Waals surface area contributed by atoms with E-state index in [0.717, 1.165) is 36.3 Å². The lowest BCUT2D eigenvalue weighted by atomic mass is 11.0. The van der Waals surface area contributed by atoms with Crippen molar-refractivity contribution in [2.45, 2.75) is 77.8 Å². The van der Waals surface area contributed by atoms with Gasteiger partial charge in [0, 0.05) is 0 Å². The predicted molar refractivity (Wildman–Crippen MR) is 112 cm³/mol. The second kappa shape index (κ2) is 10.3. The van der Waals surface area contributed by atoms with Crippen LogP contribution in [0, 0.1) is 0 Å². The Morgan fingerprint density at radius 2 is 0.840 bits per heavy atom. The van der Waals surface area contributed by atoms with Gasteiger partial charge >= 0.3 is 52.6 Å². The maximum atomic E-state index is 6.51. The van der Waals surface area contributed by atoms with E-state index in [4.69, 9.17) is 24.7 Å². The first kappa shape index (κ1) is 22.7. The van der Waals surface area contributed by atoms with Crippen LogP contribution in [0.1, 0.15) is 41.5 Å². The summed E-state index contributed by atoms with van der Waals surface area (Å²) in [6.45, 7) is 13.0. The van der Waals surface area contributed by atoms with Gasteiger partial charge in [0.25, 0.3) is 0 Å². The van der Waals surface area contributed by atoms with E-state index < -0.39 is 52.6 Å². The normalized spacial score (nSPS) is 26.2. The largest absolute Gasteiger partial charge is 0.414 e. The Morgan fingerprint density at radius 3 is 1.04 bits per heavy atom. The minimum absolute atomic E-state index is 0.911. The fraction of sp³-hybridized carbons (Fsp3) is 1.00. The molecule has 2 saturated heterocycles. The molecule has 2 aliphatic heterocycles. The molecule has 2 aliphatic rings. The second-order valence-electron chi connectivity index (χ2n) is 5.69. The van der Waals surface area contributed by atoms with Crippen molar-refractivity contribution in [3.63, 3.8) is 0 Å². The highest BCUT2D eigenvalue weighted by atomic mass is 32.5. The molecule has 0 atom stereocenters. The molecule has 0 saturated carbocycles. The molecule has 4 radical (unpaired) electrons. The third kappa shape index (κ3) is 5.70. The summed E-state index contributed by atoms with van der Waals surface area (Å²) in [7, 11) is -7.91. The molecule has 25 heavy (non-hydrogen) atoms. The van der Waals surface area contributed by atoms with E-state index in [9.17, 15) is 0 Å². The Labute approximate surface area is 165 Å². The van der Waals surface area contributed by atoms with Crippen LogP contribution in [-0.2, 0) is 24.7 Å². The third-order valence-electron chi connectivity index (χ3n) is 3.86. The van der Waals surface area contributed by atoms with Gasteiger partial charge in [-0.1, -0.05) is 52.2 Å². The maximum absolute atomic E-state index is 6.51. The molecule has 0 aromatic rings. The molecular formula is C12H30O6SSi6. The van der Waals surface area contributed by atoms with E-state index >= 15 is 0 Å². The quantitative estimate of drug-likeness (QED) is 0.500. The Morgan fingerprint density at radius 1 is 0.560 bits per heavy atom. The van der Waals surface area contributed by atoms with E-state index in [1.54, 1.807) is 0 Å². The summed E-state index contributed by atoms with van der Waals surface area (Å²) in [6.07, 6.45) is 0. The predicted octanol–water partition coefficient (Wildman–Crippen LogP) is 3.80.